The molecular formula is C21H35N. The van der Waals surface area contributed by atoms with Gasteiger partial charge in [0.1, 0.15) is 0 Å². The Morgan fingerprint density at radius 3 is 2.41 bits per heavy atom. The molecule has 1 saturated carbocycles. The van der Waals surface area contributed by atoms with Gasteiger partial charge in [0.25, 0.3) is 0 Å². The van der Waals surface area contributed by atoms with E-state index in [0.717, 1.165) is 24.3 Å². The van der Waals surface area contributed by atoms with E-state index in [1.807, 2.05) is 0 Å². The molecule has 22 heavy (non-hydrogen) atoms. The first-order valence-electron chi connectivity index (χ1n) is 9.25. The lowest BCUT2D eigenvalue weighted by Gasteiger charge is -2.42. The Bertz CT molecular complexity index is 417. The smallest absolute Gasteiger partial charge is 0.00178 e. The van der Waals surface area contributed by atoms with Gasteiger partial charge in [-0.1, -0.05) is 58.0 Å². The van der Waals surface area contributed by atoms with Crippen molar-refractivity contribution in [1.29, 1.82) is 0 Å². The van der Waals surface area contributed by atoms with E-state index < -0.39 is 0 Å². The molecule has 0 spiro atoms. The molecule has 3 unspecified atom stereocenters. The summed E-state index contributed by atoms with van der Waals surface area (Å²) in [5.74, 6) is 2.57. The molecule has 0 aromatic heterocycles. The number of hydrogen-bond acceptors (Lipinski definition) is 1. The molecule has 0 bridgehead atoms. The van der Waals surface area contributed by atoms with E-state index in [1.54, 1.807) is 0 Å². The van der Waals surface area contributed by atoms with Crippen molar-refractivity contribution in [3.05, 3.63) is 35.9 Å². The zero-order valence-corrected chi connectivity index (χ0v) is 15.1. The third kappa shape index (κ3) is 5.12. The lowest BCUT2D eigenvalue weighted by molar-refractivity contribution is 0.0972. The van der Waals surface area contributed by atoms with Crippen LogP contribution in [0.5, 0.6) is 0 Å². The maximum atomic E-state index is 3.67. The predicted octanol–water partition coefficient (Wildman–Crippen LogP) is 5.31. The number of nitrogens with one attached hydrogen (secondary N) is 1. The molecule has 1 nitrogen and oxygen atoms in total. The molecule has 1 aliphatic rings. The first kappa shape index (κ1) is 17.5. The number of hydrogen-bond donors (Lipinski definition) is 1. The van der Waals surface area contributed by atoms with Gasteiger partial charge in [0.15, 0.2) is 0 Å². The highest BCUT2D eigenvalue weighted by molar-refractivity contribution is 5.15. The second-order valence-electron chi connectivity index (χ2n) is 8.29. The Hall–Kier alpha value is -0.820. The Labute approximate surface area is 137 Å². The van der Waals surface area contributed by atoms with Gasteiger partial charge in [0.05, 0.1) is 0 Å². The standard InChI is InChI=1S/C21H35N/c1-5-13-22-16-18-11-12-20(21(2,3)4)15-19(18)14-17-9-7-6-8-10-17/h6-10,18-20,22H,5,11-16H2,1-4H3. The fourth-order valence-corrected chi connectivity index (χ4v) is 4.01. The van der Waals surface area contributed by atoms with Gasteiger partial charge in [-0.2, -0.15) is 0 Å². The molecule has 1 aromatic rings. The van der Waals surface area contributed by atoms with E-state index in [9.17, 15) is 0 Å². The zero-order valence-electron chi connectivity index (χ0n) is 15.1. The molecule has 1 N–H and O–H groups in total. The fraction of sp³-hybridized carbons (Fsp3) is 0.714. The fourth-order valence-electron chi connectivity index (χ4n) is 4.01. The first-order valence-corrected chi connectivity index (χ1v) is 9.25. The van der Waals surface area contributed by atoms with Crippen LogP contribution in [0.2, 0.25) is 0 Å². The minimum Gasteiger partial charge on any atom is -0.316 e. The topological polar surface area (TPSA) is 12.0 Å². The van der Waals surface area contributed by atoms with Gasteiger partial charge in [-0.25, -0.2) is 0 Å². The highest BCUT2D eigenvalue weighted by Gasteiger charge is 2.35. The van der Waals surface area contributed by atoms with Crippen LogP contribution in [-0.4, -0.2) is 13.1 Å². The Morgan fingerprint density at radius 2 is 1.77 bits per heavy atom. The second-order valence-corrected chi connectivity index (χ2v) is 8.29. The van der Waals surface area contributed by atoms with E-state index in [-0.39, 0.29) is 0 Å². The van der Waals surface area contributed by atoms with E-state index in [4.69, 9.17) is 0 Å². The van der Waals surface area contributed by atoms with Crippen LogP contribution in [0.4, 0.5) is 0 Å². The maximum absolute atomic E-state index is 3.67. The number of rotatable bonds is 6. The highest BCUT2D eigenvalue weighted by Crippen LogP contribution is 2.43. The molecule has 1 heteroatoms. The summed E-state index contributed by atoms with van der Waals surface area (Å²) in [4.78, 5) is 0. The molecule has 0 radical (unpaired) electrons. The Balaban J connectivity index is 2.02. The molecule has 0 saturated heterocycles. The summed E-state index contributed by atoms with van der Waals surface area (Å²) >= 11 is 0. The summed E-state index contributed by atoms with van der Waals surface area (Å²) in [5.41, 5.74) is 1.97. The third-order valence-electron chi connectivity index (χ3n) is 5.54. The van der Waals surface area contributed by atoms with Crippen molar-refractivity contribution < 1.29 is 0 Å². The van der Waals surface area contributed by atoms with Gasteiger partial charge >= 0.3 is 0 Å². The van der Waals surface area contributed by atoms with Crippen LogP contribution in [0.15, 0.2) is 30.3 Å². The molecule has 2 rings (SSSR count). The second kappa shape index (κ2) is 8.15. The summed E-state index contributed by atoms with van der Waals surface area (Å²) < 4.78 is 0. The minimum atomic E-state index is 0.455. The van der Waals surface area contributed by atoms with Crippen LogP contribution in [-0.2, 0) is 6.42 Å². The van der Waals surface area contributed by atoms with Crippen LogP contribution in [0, 0.1) is 23.2 Å². The van der Waals surface area contributed by atoms with E-state index in [2.05, 4.69) is 63.3 Å². The summed E-state index contributed by atoms with van der Waals surface area (Å²) in [5, 5.41) is 3.67. The van der Waals surface area contributed by atoms with Crippen molar-refractivity contribution in [2.75, 3.05) is 13.1 Å². The van der Waals surface area contributed by atoms with Gasteiger partial charge in [-0.3, -0.25) is 0 Å². The molecule has 0 amide bonds. The van der Waals surface area contributed by atoms with Gasteiger partial charge in [0, 0.05) is 0 Å². The Morgan fingerprint density at radius 1 is 1.05 bits per heavy atom. The summed E-state index contributed by atoms with van der Waals surface area (Å²) in [6, 6.07) is 11.1. The van der Waals surface area contributed by atoms with Crippen molar-refractivity contribution in [3.63, 3.8) is 0 Å². The van der Waals surface area contributed by atoms with Crippen LogP contribution in [0.1, 0.15) is 58.9 Å². The van der Waals surface area contributed by atoms with Crippen molar-refractivity contribution in [2.24, 2.45) is 23.2 Å². The van der Waals surface area contributed by atoms with Gasteiger partial charge in [-0.15, -0.1) is 0 Å². The lowest BCUT2D eigenvalue weighted by Crippen LogP contribution is -2.37. The van der Waals surface area contributed by atoms with Gasteiger partial charge < -0.3 is 5.32 Å². The van der Waals surface area contributed by atoms with Gasteiger partial charge in [0.2, 0.25) is 0 Å². The molecular weight excluding hydrogens is 266 g/mol. The molecule has 1 fully saturated rings. The summed E-state index contributed by atoms with van der Waals surface area (Å²) in [6.45, 7) is 11.9. The normalized spacial score (nSPS) is 26.1. The molecule has 1 aliphatic carbocycles. The SMILES string of the molecule is CCCNCC1CCC(C(C)(C)C)CC1Cc1ccccc1. The molecule has 0 aliphatic heterocycles. The molecule has 0 heterocycles. The quantitative estimate of drug-likeness (QED) is 0.702. The Kier molecular flexibility index (Phi) is 6.50. The minimum absolute atomic E-state index is 0.455. The average Bonchev–Trinajstić information content (AvgIpc) is 2.49. The molecule has 124 valence electrons. The van der Waals surface area contributed by atoms with Crippen molar-refractivity contribution in [3.8, 4) is 0 Å². The van der Waals surface area contributed by atoms with Crippen molar-refractivity contribution >= 4 is 0 Å². The summed E-state index contributed by atoms with van der Waals surface area (Å²) in [7, 11) is 0. The average molecular weight is 302 g/mol. The van der Waals surface area contributed by atoms with Crippen LogP contribution < -0.4 is 5.32 Å². The van der Waals surface area contributed by atoms with E-state index in [1.165, 1.54) is 44.2 Å². The van der Waals surface area contributed by atoms with Crippen molar-refractivity contribution in [1.82, 2.24) is 5.32 Å². The van der Waals surface area contributed by atoms with Crippen LogP contribution in [0.3, 0.4) is 0 Å². The van der Waals surface area contributed by atoms with Crippen LogP contribution >= 0.6 is 0 Å². The number of benzene rings is 1. The predicted molar refractivity (Wildman–Crippen MR) is 97.1 cm³/mol. The lowest BCUT2D eigenvalue weighted by atomic mass is 9.64. The largest absolute Gasteiger partial charge is 0.316 e. The van der Waals surface area contributed by atoms with Crippen LogP contribution in [0.25, 0.3) is 0 Å². The van der Waals surface area contributed by atoms with E-state index >= 15 is 0 Å². The zero-order chi connectivity index (χ0) is 16.0. The molecule has 3 atom stereocenters. The maximum Gasteiger partial charge on any atom is -0.00178 e. The van der Waals surface area contributed by atoms with Crippen molar-refractivity contribution in [2.45, 2.75) is 59.8 Å². The monoisotopic (exact) mass is 301 g/mol. The van der Waals surface area contributed by atoms with Gasteiger partial charge in [-0.05, 0) is 73.9 Å². The highest BCUT2D eigenvalue weighted by atomic mass is 14.9. The third-order valence-corrected chi connectivity index (χ3v) is 5.54. The first-order chi connectivity index (χ1) is 10.5. The summed E-state index contributed by atoms with van der Waals surface area (Å²) in [6.07, 6.45) is 6.70. The van der Waals surface area contributed by atoms with E-state index in [0.29, 0.717) is 5.41 Å². The molecule has 1 aromatic carbocycles.